The Morgan fingerprint density at radius 1 is 1.31 bits per heavy atom. The Labute approximate surface area is 171 Å². The molecular weight excluding hydrogens is 370 g/mol. The number of carbonyl (C=O) groups is 2. The van der Waals surface area contributed by atoms with Crippen LogP contribution in [0, 0.1) is 19.8 Å². The van der Waals surface area contributed by atoms with E-state index in [0.29, 0.717) is 36.7 Å². The SMILES string of the molecule is COc1cc(C(=O)NCC2CCN(C(=O)CCc3n[nH]c(C)c3C)CC2)ccn1. The average molecular weight is 399 g/mol. The lowest BCUT2D eigenvalue weighted by atomic mass is 9.96. The number of rotatable bonds is 7. The van der Waals surface area contributed by atoms with Gasteiger partial charge in [-0.3, -0.25) is 14.7 Å². The first-order valence-corrected chi connectivity index (χ1v) is 10.0. The second-order valence-electron chi connectivity index (χ2n) is 7.54. The van der Waals surface area contributed by atoms with Gasteiger partial charge in [0.05, 0.1) is 12.8 Å². The largest absolute Gasteiger partial charge is 0.481 e. The lowest BCUT2D eigenvalue weighted by Gasteiger charge is -2.32. The highest BCUT2D eigenvalue weighted by molar-refractivity contribution is 5.94. The maximum absolute atomic E-state index is 12.5. The smallest absolute Gasteiger partial charge is 0.251 e. The molecule has 0 aliphatic carbocycles. The zero-order valence-corrected chi connectivity index (χ0v) is 17.3. The van der Waals surface area contributed by atoms with E-state index in [9.17, 15) is 9.59 Å². The number of nitrogens with zero attached hydrogens (tertiary/aromatic N) is 3. The van der Waals surface area contributed by atoms with Gasteiger partial charge in [0.1, 0.15) is 0 Å². The normalized spacial score (nSPS) is 14.7. The van der Waals surface area contributed by atoms with Crippen molar-refractivity contribution in [2.24, 2.45) is 5.92 Å². The van der Waals surface area contributed by atoms with Crippen LogP contribution in [0.15, 0.2) is 18.3 Å². The van der Waals surface area contributed by atoms with E-state index in [0.717, 1.165) is 42.9 Å². The first kappa shape index (κ1) is 20.8. The zero-order chi connectivity index (χ0) is 20.8. The van der Waals surface area contributed by atoms with Crippen LogP contribution in [-0.2, 0) is 11.2 Å². The summed E-state index contributed by atoms with van der Waals surface area (Å²) in [6.45, 7) is 6.10. The van der Waals surface area contributed by atoms with Crippen molar-refractivity contribution < 1.29 is 14.3 Å². The summed E-state index contributed by atoms with van der Waals surface area (Å²) >= 11 is 0. The number of amides is 2. The fraction of sp³-hybridized carbons (Fsp3) is 0.524. The molecule has 0 spiro atoms. The molecule has 0 saturated carbocycles. The van der Waals surface area contributed by atoms with E-state index in [1.165, 1.54) is 7.11 Å². The number of likely N-dealkylation sites (tertiary alicyclic amines) is 1. The van der Waals surface area contributed by atoms with Crippen molar-refractivity contribution in [3.63, 3.8) is 0 Å². The first-order valence-electron chi connectivity index (χ1n) is 10.0. The second-order valence-corrected chi connectivity index (χ2v) is 7.54. The molecule has 29 heavy (non-hydrogen) atoms. The highest BCUT2D eigenvalue weighted by atomic mass is 16.5. The molecule has 0 bridgehead atoms. The van der Waals surface area contributed by atoms with Gasteiger partial charge in [-0.15, -0.1) is 0 Å². The number of pyridine rings is 1. The zero-order valence-electron chi connectivity index (χ0n) is 17.3. The minimum absolute atomic E-state index is 0.131. The summed E-state index contributed by atoms with van der Waals surface area (Å²) in [6.07, 6.45) is 4.50. The van der Waals surface area contributed by atoms with E-state index in [4.69, 9.17) is 4.74 Å². The van der Waals surface area contributed by atoms with Gasteiger partial charge in [-0.05, 0) is 44.2 Å². The average Bonchev–Trinajstić information content (AvgIpc) is 3.08. The van der Waals surface area contributed by atoms with Crippen molar-refractivity contribution in [1.82, 2.24) is 25.4 Å². The molecule has 0 radical (unpaired) electrons. The van der Waals surface area contributed by atoms with Crippen molar-refractivity contribution >= 4 is 11.8 Å². The van der Waals surface area contributed by atoms with Gasteiger partial charge in [-0.1, -0.05) is 0 Å². The Kier molecular flexibility index (Phi) is 6.85. The van der Waals surface area contributed by atoms with Crippen LogP contribution in [0.2, 0.25) is 0 Å². The highest BCUT2D eigenvalue weighted by Crippen LogP contribution is 2.19. The second kappa shape index (κ2) is 9.54. The molecule has 0 unspecified atom stereocenters. The summed E-state index contributed by atoms with van der Waals surface area (Å²) in [5, 5.41) is 10.2. The molecular formula is C21H29N5O3. The number of methoxy groups -OCH3 is 1. The van der Waals surface area contributed by atoms with Crippen molar-refractivity contribution in [1.29, 1.82) is 0 Å². The lowest BCUT2D eigenvalue weighted by Crippen LogP contribution is -2.41. The Morgan fingerprint density at radius 2 is 2.07 bits per heavy atom. The van der Waals surface area contributed by atoms with Gasteiger partial charge in [0.2, 0.25) is 11.8 Å². The summed E-state index contributed by atoms with van der Waals surface area (Å²) < 4.78 is 5.06. The van der Waals surface area contributed by atoms with Crippen molar-refractivity contribution in [2.45, 2.75) is 39.5 Å². The summed E-state index contributed by atoms with van der Waals surface area (Å²) in [5.41, 5.74) is 3.70. The quantitative estimate of drug-likeness (QED) is 0.742. The maximum Gasteiger partial charge on any atom is 0.251 e. The molecule has 2 N–H and O–H groups in total. The number of nitrogens with one attached hydrogen (secondary N) is 2. The standard InChI is InChI=1S/C21H29N5O3/c1-14-15(2)24-25-18(14)4-5-20(27)26-10-7-16(8-11-26)13-23-21(28)17-6-9-22-19(12-17)29-3/h6,9,12,16H,4-5,7-8,10-11,13H2,1-3H3,(H,23,28)(H,24,25). The van der Waals surface area contributed by atoms with Gasteiger partial charge in [0, 0.05) is 56.0 Å². The van der Waals surface area contributed by atoms with E-state index >= 15 is 0 Å². The number of H-pyrrole nitrogens is 1. The maximum atomic E-state index is 12.5. The van der Waals surface area contributed by atoms with E-state index in [1.807, 2.05) is 18.7 Å². The van der Waals surface area contributed by atoms with Gasteiger partial charge in [-0.2, -0.15) is 5.10 Å². The van der Waals surface area contributed by atoms with E-state index in [-0.39, 0.29) is 11.8 Å². The molecule has 0 atom stereocenters. The van der Waals surface area contributed by atoms with Crippen LogP contribution in [0.3, 0.4) is 0 Å². The minimum Gasteiger partial charge on any atom is -0.481 e. The van der Waals surface area contributed by atoms with Crippen LogP contribution in [0.25, 0.3) is 0 Å². The van der Waals surface area contributed by atoms with Crippen molar-refractivity contribution in [3.8, 4) is 5.88 Å². The predicted octanol–water partition coefficient (Wildman–Crippen LogP) is 2.03. The number of hydrogen-bond acceptors (Lipinski definition) is 5. The van der Waals surface area contributed by atoms with E-state index in [2.05, 4.69) is 20.5 Å². The number of ether oxygens (including phenoxy) is 1. The number of hydrogen-bond donors (Lipinski definition) is 2. The number of aromatic nitrogens is 3. The Balaban J connectivity index is 1.40. The number of carbonyl (C=O) groups excluding carboxylic acids is 2. The molecule has 2 aromatic heterocycles. The molecule has 1 aliphatic heterocycles. The first-order chi connectivity index (χ1) is 14.0. The van der Waals surface area contributed by atoms with E-state index < -0.39 is 0 Å². The number of piperidine rings is 1. The van der Waals surface area contributed by atoms with E-state index in [1.54, 1.807) is 18.3 Å². The van der Waals surface area contributed by atoms with Gasteiger partial charge in [0.25, 0.3) is 5.91 Å². The summed E-state index contributed by atoms with van der Waals surface area (Å²) in [7, 11) is 1.52. The minimum atomic E-state index is -0.131. The molecule has 2 amide bonds. The Bertz CT molecular complexity index is 856. The van der Waals surface area contributed by atoms with Crippen LogP contribution < -0.4 is 10.1 Å². The monoisotopic (exact) mass is 399 g/mol. The fourth-order valence-corrected chi connectivity index (χ4v) is 3.55. The molecule has 1 fully saturated rings. The Hall–Kier alpha value is -2.90. The van der Waals surface area contributed by atoms with Crippen molar-refractivity contribution in [2.75, 3.05) is 26.7 Å². The third-order valence-corrected chi connectivity index (χ3v) is 5.65. The van der Waals surface area contributed by atoms with Gasteiger partial charge in [0.15, 0.2) is 0 Å². The molecule has 0 aromatic carbocycles. The number of aryl methyl sites for hydroxylation is 2. The van der Waals surface area contributed by atoms with Crippen molar-refractivity contribution in [3.05, 3.63) is 40.8 Å². The third kappa shape index (κ3) is 5.34. The van der Waals surface area contributed by atoms with Gasteiger partial charge < -0.3 is 15.0 Å². The molecule has 2 aromatic rings. The summed E-state index contributed by atoms with van der Waals surface area (Å²) in [5.74, 6) is 0.845. The molecule has 156 valence electrons. The number of aromatic amines is 1. The Morgan fingerprint density at radius 3 is 2.72 bits per heavy atom. The summed E-state index contributed by atoms with van der Waals surface area (Å²) in [4.78, 5) is 30.8. The van der Waals surface area contributed by atoms with Crippen LogP contribution in [0.5, 0.6) is 5.88 Å². The van der Waals surface area contributed by atoms with Crippen LogP contribution in [-0.4, -0.2) is 58.6 Å². The fourth-order valence-electron chi connectivity index (χ4n) is 3.55. The lowest BCUT2D eigenvalue weighted by molar-refractivity contribution is -0.132. The molecule has 8 heteroatoms. The summed E-state index contributed by atoms with van der Waals surface area (Å²) in [6, 6.07) is 3.29. The van der Waals surface area contributed by atoms with Crippen LogP contribution in [0.4, 0.5) is 0 Å². The third-order valence-electron chi connectivity index (χ3n) is 5.65. The molecule has 1 saturated heterocycles. The molecule has 1 aliphatic rings. The van der Waals surface area contributed by atoms with Crippen LogP contribution >= 0.6 is 0 Å². The molecule has 3 heterocycles. The predicted molar refractivity (Wildman–Crippen MR) is 109 cm³/mol. The highest BCUT2D eigenvalue weighted by Gasteiger charge is 2.23. The molecule has 3 rings (SSSR count). The van der Waals surface area contributed by atoms with Crippen LogP contribution in [0.1, 0.15) is 46.6 Å². The van der Waals surface area contributed by atoms with Gasteiger partial charge >= 0.3 is 0 Å². The topological polar surface area (TPSA) is 100 Å². The van der Waals surface area contributed by atoms with Gasteiger partial charge in [-0.25, -0.2) is 4.98 Å². The molecule has 8 nitrogen and oxygen atoms in total.